The van der Waals surface area contributed by atoms with Crippen LogP contribution < -0.4 is 0 Å². The highest BCUT2D eigenvalue weighted by atomic mass is 19.4. The largest absolute Gasteiger partial charge is 0.481 e. The number of carboxylic acids is 1. The van der Waals surface area contributed by atoms with Gasteiger partial charge in [0.2, 0.25) is 5.91 Å². The van der Waals surface area contributed by atoms with Crippen LogP contribution in [-0.2, 0) is 20.9 Å². The van der Waals surface area contributed by atoms with E-state index in [0.717, 1.165) is 10.5 Å². The molecule has 8 heteroatoms. The maximum Gasteiger partial charge on any atom is 0.406 e. The number of benzene rings is 1. The molecule has 1 unspecified atom stereocenters. The number of rotatable bonds is 5. The summed E-state index contributed by atoms with van der Waals surface area (Å²) in [6.07, 6.45) is -5.55. The fourth-order valence-corrected chi connectivity index (χ4v) is 2.47. The lowest BCUT2D eigenvalue weighted by Crippen LogP contribution is -2.48. The number of amides is 1. The zero-order valence-corrected chi connectivity index (χ0v) is 12.2. The molecule has 1 aromatic rings. The van der Waals surface area contributed by atoms with Crippen LogP contribution in [0.2, 0.25) is 0 Å². The van der Waals surface area contributed by atoms with E-state index < -0.39 is 36.4 Å². The highest BCUT2D eigenvalue weighted by Gasteiger charge is 2.64. The van der Waals surface area contributed by atoms with Gasteiger partial charge >= 0.3 is 12.1 Å². The molecular weight excluding hydrogens is 315 g/mol. The number of carbonyl (C=O) groups excluding carboxylic acids is 1. The van der Waals surface area contributed by atoms with Crippen molar-refractivity contribution in [1.29, 1.82) is 0 Å². The average Bonchev–Trinajstić information content (AvgIpc) is 2.94. The molecule has 5 nitrogen and oxygen atoms in total. The van der Waals surface area contributed by atoms with Crippen LogP contribution in [0.1, 0.15) is 12.0 Å². The Bertz CT molecular complexity index is 576. The van der Waals surface area contributed by atoms with Gasteiger partial charge in [0.25, 0.3) is 0 Å². The lowest BCUT2D eigenvalue weighted by molar-refractivity contribution is -0.227. The first-order valence-electron chi connectivity index (χ1n) is 6.96. The van der Waals surface area contributed by atoms with Crippen molar-refractivity contribution in [2.75, 3.05) is 19.7 Å². The Morgan fingerprint density at radius 2 is 1.91 bits per heavy atom. The highest BCUT2D eigenvalue weighted by Crippen LogP contribution is 2.45. The zero-order valence-electron chi connectivity index (χ0n) is 12.2. The maximum atomic E-state index is 13.0. The third-order valence-electron chi connectivity index (χ3n) is 3.91. The molecule has 2 rings (SSSR count). The second-order valence-electron chi connectivity index (χ2n) is 5.43. The van der Waals surface area contributed by atoms with Crippen molar-refractivity contribution >= 4 is 11.9 Å². The van der Waals surface area contributed by atoms with E-state index in [4.69, 9.17) is 9.84 Å². The SMILES string of the molecule is O=C(COCc1ccccc1)N1CCC(C(=O)O)(C(F)(F)F)C1. The van der Waals surface area contributed by atoms with Crippen LogP contribution >= 0.6 is 0 Å². The van der Waals surface area contributed by atoms with Gasteiger partial charge in [-0.1, -0.05) is 30.3 Å². The molecule has 1 fully saturated rings. The molecule has 126 valence electrons. The molecule has 1 atom stereocenters. The number of carbonyl (C=O) groups is 2. The van der Waals surface area contributed by atoms with Gasteiger partial charge < -0.3 is 14.7 Å². The third-order valence-corrected chi connectivity index (χ3v) is 3.91. The van der Waals surface area contributed by atoms with Crippen molar-refractivity contribution < 1.29 is 32.6 Å². The average molecular weight is 331 g/mol. The van der Waals surface area contributed by atoms with Crippen LogP contribution in [0, 0.1) is 5.41 Å². The topological polar surface area (TPSA) is 66.8 Å². The molecule has 1 amide bonds. The van der Waals surface area contributed by atoms with Crippen LogP contribution in [0.4, 0.5) is 13.2 Å². The summed E-state index contributed by atoms with van der Waals surface area (Å²) < 4.78 is 44.3. The highest BCUT2D eigenvalue weighted by molar-refractivity contribution is 5.82. The van der Waals surface area contributed by atoms with Crippen LogP contribution in [-0.4, -0.2) is 47.8 Å². The van der Waals surface area contributed by atoms with E-state index in [9.17, 15) is 22.8 Å². The molecule has 0 bridgehead atoms. The number of halogens is 3. The number of nitrogens with zero attached hydrogens (tertiary/aromatic N) is 1. The summed E-state index contributed by atoms with van der Waals surface area (Å²) in [5, 5.41) is 8.93. The van der Waals surface area contributed by atoms with Crippen molar-refractivity contribution in [3.05, 3.63) is 35.9 Å². The van der Waals surface area contributed by atoms with E-state index in [1.165, 1.54) is 0 Å². The number of alkyl halides is 3. The van der Waals surface area contributed by atoms with Crippen molar-refractivity contribution in [2.45, 2.75) is 19.2 Å². The summed E-state index contributed by atoms with van der Waals surface area (Å²) in [5.41, 5.74) is -2.06. The summed E-state index contributed by atoms with van der Waals surface area (Å²) in [5.74, 6) is -2.60. The van der Waals surface area contributed by atoms with E-state index in [0.29, 0.717) is 0 Å². The van der Waals surface area contributed by atoms with Gasteiger partial charge in [-0.05, 0) is 12.0 Å². The molecular formula is C15H16F3NO4. The molecule has 0 saturated carbocycles. The minimum Gasteiger partial charge on any atom is -0.481 e. The molecule has 1 heterocycles. The Kier molecular flexibility index (Phi) is 4.93. The van der Waals surface area contributed by atoms with Crippen LogP contribution in [0.3, 0.4) is 0 Å². The summed E-state index contributed by atoms with van der Waals surface area (Å²) in [7, 11) is 0. The Balaban J connectivity index is 1.90. The lowest BCUT2D eigenvalue weighted by atomic mass is 9.86. The van der Waals surface area contributed by atoms with Gasteiger partial charge in [-0.2, -0.15) is 13.2 Å². The van der Waals surface area contributed by atoms with E-state index in [1.54, 1.807) is 24.3 Å². The molecule has 23 heavy (non-hydrogen) atoms. The molecule has 1 aromatic carbocycles. The third kappa shape index (κ3) is 3.64. The first-order chi connectivity index (χ1) is 10.8. The van der Waals surface area contributed by atoms with Gasteiger partial charge in [0.05, 0.1) is 6.61 Å². The number of likely N-dealkylation sites (tertiary alicyclic amines) is 1. The molecule has 0 aromatic heterocycles. The van der Waals surface area contributed by atoms with Crippen molar-refractivity contribution in [3.63, 3.8) is 0 Å². The minimum absolute atomic E-state index is 0.157. The van der Waals surface area contributed by atoms with Gasteiger partial charge in [0, 0.05) is 13.1 Å². The standard InChI is InChI=1S/C15H16F3NO4/c16-15(17,18)14(13(21)22)6-7-19(10-14)12(20)9-23-8-11-4-2-1-3-5-11/h1-5H,6-10H2,(H,21,22). The van der Waals surface area contributed by atoms with Crippen LogP contribution in [0.15, 0.2) is 30.3 Å². The Morgan fingerprint density at radius 3 is 2.43 bits per heavy atom. The number of carboxylic acid groups (broad SMARTS) is 1. The van der Waals surface area contributed by atoms with Crippen molar-refractivity contribution in [3.8, 4) is 0 Å². The fraction of sp³-hybridized carbons (Fsp3) is 0.467. The molecule has 1 aliphatic heterocycles. The normalized spacial score (nSPS) is 21.4. The van der Waals surface area contributed by atoms with Gasteiger partial charge in [-0.3, -0.25) is 9.59 Å². The van der Waals surface area contributed by atoms with Crippen LogP contribution in [0.5, 0.6) is 0 Å². The molecule has 1 saturated heterocycles. The quantitative estimate of drug-likeness (QED) is 0.897. The summed E-state index contributed by atoms with van der Waals surface area (Å²) in [6, 6.07) is 9.00. The van der Waals surface area contributed by atoms with Crippen molar-refractivity contribution in [1.82, 2.24) is 4.90 Å². The maximum absolute atomic E-state index is 13.0. The van der Waals surface area contributed by atoms with Gasteiger partial charge in [-0.25, -0.2) is 0 Å². The Labute approximate surface area is 130 Å². The number of aliphatic carboxylic acids is 1. The Morgan fingerprint density at radius 1 is 1.26 bits per heavy atom. The van der Waals surface area contributed by atoms with E-state index in [1.807, 2.05) is 6.07 Å². The predicted octanol–water partition coefficient (Wildman–Crippen LogP) is 2.07. The lowest BCUT2D eigenvalue weighted by Gasteiger charge is -2.27. The molecule has 0 aliphatic carbocycles. The Hall–Kier alpha value is -2.09. The van der Waals surface area contributed by atoms with Crippen molar-refractivity contribution in [2.24, 2.45) is 5.41 Å². The van der Waals surface area contributed by atoms with Gasteiger partial charge in [-0.15, -0.1) is 0 Å². The second-order valence-corrected chi connectivity index (χ2v) is 5.43. The first kappa shape index (κ1) is 17.3. The molecule has 0 spiro atoms. The van der Waals surface area contributed by atoms with E-state index in [-0.39, 0.29) is 19.8 Å². The number of ether oxygens (including phenoxy) is 1. The summed E-state index contributed by atoms with van der Waals surface area (Å²) in [4.78, 5) is 23.9. The molecule has 0 radical (unpaired) electrons. The second kappa shape index (κ2) is 6.57. The van der Waals surface area contributed by atoms with Gasteiger partial charge in [0.15, 0.2) is 5.41 Å². The number of hydrogen-bond donors (Lipinski definition) is 1. The molecule has 1 aliphatic rings. The monoisotopic (exact) mass is 331 g/mol. The van der Waals surface area contributed by atoms with Gasteiger partial charge in [0.1, 0.15) is 6.61 Å². The fourth-order valence-electron chi connectivity index (χ4n) is 2.47. The van der Waals surface area contributed by atoms with Crippen LogP contribution in [0.25, 0.3) is 0 Å². The zero-order chi connectivity index (χ0) is 17.1. The predicted molar refractivity (Wildman–Crippen MR) is 73.4 cm³/mol. The molecule has 1 N–H and O–H groups in total. The minimum atomic E-state index is -4.90. The summed E-state index contributed by atoms with van der Waals surface area (Å²) >= 11 is 0. The smallest absolute Gasteiger partial charge is 0.406 e. The van der Waals surface area contributed by atoms with E-state index >= 15 is 0 Å². The first-order valence-corrected chi connectivity index (χ1v) is 6.96. The summed E-state index contributed by atoms with van der Waals surface area (Å²) in [6.45, 7) is -1.36. The van der Waals surface area contributed by atoms with E-state index in [2.05, 4.69) is 0 Å². The number of hydrogen-bond acceptors (Lipinski definition) is 3.